The molecule has 0 spiro atoms. The molecule has 0 fully saturated rings. The summed E-state index contributed by atoms with van der Waals surface area (Å²) in [5.74, 6) is 8.17. The number of rotatable bonds is 2. The van der Waals surface area contributed by atoms with Crippen molar-refractivity contribution in [1.82, 2.24) is 15.0 Å². The molecule has 6 aromatic rings. The Morgan fingerprint density at radius 3 is 2.31 bits per heavy atom. The Kier molecular flexibility index (Phi) is 4.84. The third-order valence-electron chi connectivity index (χ3n) is 7.04. The van der Waals surface area contributed by atoms with E-state index in [4.69, 9.17) is 14.4 Å². The molecule has 4 nitrogen and oxygen atoms in total. The van der Waals surface area contributed by atoms with Crippen LogP contribution >= 0.6 is 0 Å². The fourth-order valence-electron chi connectivity index (χ4n) is 5.88. The predicted molar refractivity (Wildman–Crippen MR) is 149 cm³/mol. The van der Waals surface area contributed by atoms with Gasteiger partial charge in [-0.05, 0) is 6.92 Å². The summed E-state index contributed by atoms with van der Waals surface area (Å²) in [4.78, 5) is 14.6. The summed E-state index contributed by atoms with van der Waals surface area (Å²) in [7, 11) is 0. The second-order valence-electron chi connectivity index (χ2n) is 10.7. The molecule has 35 heavy (non-hydrogen) atoms. The zero-order valence-corrected chi connectivity index (χ0v) is 23.5. The third-order valence-corrected chi connectivity index (χ3v) is 11.8. The normalized spacial score (nSPS) is 12.4. The minimum atomic E-state index is -2.10. The SMILES string of the molecule is Cc1ccc2c(n1)oc1c(-c3nc(C)nc4c3ccc3cc(C)[c]([Ge]([CH3])([CH3])[CH3])c(C)c34)cccc12. The van der Waals surface area contributed by atoms with Gasteiger partial charge in [0.1, 0.15) is 0 Å². The molecule has 0 unspecified atom stereocenters. The maximum atomic E-state index is 6.33. The van der Waals surface area contributed by atoms with E-state index in [0.29, 0.717) is 5.71 Å². The number of para-hydroxylation sites is 1. The summed E-state index contributed by atoms with van der Waals surface area (Å²) >= 11 is -2.10. The Bertz CT molecular complexity index is 1830. The van der Waals surface area contributed by atoms with Crippen molar-refractivity contribution in [3.8, 4) is 11.3 Å². The minimum absolute atomic E-state index is 0.667. The third kappa shape index (κ3) is 3.38. The number of fused-ring (bicyclic) bond motifs is 6. The van der Waals surface area contributed by atoms with Gasteiger partial charge in [0.25, 0.3) is 0 Å². The molecule has 0 aliphatic heterocycles. The van der Waals surface area contributed by atoms with Crippen LogP contribution in [0.4, 0.5) is 0 Å². The topological polar surface area (TPSA) is 51.8 Å². The molecule has 3 aromatic carbocycles. The second-order valence-corrected chi connectivity index (χ2v) is 21.2. The van der Waals surface area contributed by atoms with Gasteiger partial charge < -0.3 is 0 Å². The number of aromatic nitrogens is 3. The van der Waals surface area contributed by atoms with Crippen LogP contribution in [0.1, 0.15) is 22.6 Å². The molecule has 0 radical (unpaired) electrons. The molecule has 0 amide bonds. The van der Waals surface area contributed by atoms with Crippen molar-refractivity contribution in [3.63, 3.8) is 0 Å². The van der Waals surface area contributed by atoms with Crippen LogP contribution in [0.5, 0.6) is 0 Å². The van der Waals surface area contributed by atoms with Crippen LogP contribution in [0, 0.1) is 27.7 Å². The Morgan fingerprint density at radius 1 is 0.771 bits per heavy atom. The van der Waals surface area contributed by atoms with Crippen molar-refractivity contribution in [2.24, 2.45) is 0 Å². The Balaban J connectivity index is 1.74. The van der Waals surface area contributed by atoms with E-state index in [1.807, 2.05) is 19.9 Å². The van der Waals surface area contributed by atoms with Crippen molar-refractivity contribution < 1.29 is 4.42 Å². The van der Waals surface area contributed by atoms with Gasteiger partial charge in [-0.2, -0.15) is 0 Å². The summed E-state index contributed by atoms with van der Waals surface area (Å²) in [6.45, 7) is 8.51. The number of hydrogen-bond acceptors (Lipinski definition) is 4. The van der Waals surface area contributed by atoms with Crippen LogP contribution in [-0.4, -0.2) is 28.2 Å². The van der Waals surface area contributed by atoms with Gasteiger partial charge in [0.15, 0.2) is 0 Å². The molecule has 0 saturated heterocycles. The number of nitrogens with zero attached hydrogens (tertiary/aromatic N) is 3. The van der Waals surface area contributed by atoms with Crippen LogP contribution in [0.2, 0.25) is 17.3 Å². The molecule has 0 aliphatic rings. The van der Waals surface area contributed by atoms with Gasteiger partial charge in [0, 0.05) is 0 Å². The van der Waals surface area contributed by atoms with E-state index in [1.165, 1.54) is 21.9 Å². The molecular weight excluding hydrogens is 491 g/mol. The van der Waals surface area contributed by atoms with Crippen molar-refractivity contribution in [1.29, 1.82) is 0 Å². The zero-order valence-electron chi connectivity index (χ0n) is 21.4. The van der Waals surface area contributed by atoms with E-state index in [9.17, 15) is 0 Å². The predicted octanol–water partition coefficient (Wildman–Crippen LogP) is 7.52. The van der Waals surface area contributed by atoms with Gasteiger partial charge in [-0.1, -0.05) is 0 Å². The van der Waals surface area contributed by atoms with Gasteiger partial charge in [-0.3, -0.25) is 0 Å². The van der Waals surface area contributed by atoms with Crippen molar-refractivity contribution in [3.05, 3.63) is 71.2 Å². The first-order chi connectivity index (χ1) is 16.6. The van der Waals surface area contributed by atoms with Crippen LogP contribution in [0.15, 0.2) is 52.9 Å². The number of furan rings is 1. The number of aryl methyl sites for hydroxylation is 4. The zero-order chi connectivity index (χ0) is 24.6. The Morgan fingerprint density at radius 2 is 1.54 bits per heavy atom. The molecular formula is C30H29GeN3O. The number of benzene rings is 3. The summed E-state index contributed by atoms with van der Waals surface area (Å²) in [5, 5.41) is 5.64. The van der Waals surface area contributed by atoms with Crippen molar-refractivity contribution in [2.75, 3.05) is 0 Å². The van der Waals surface area contributed by atoms with Gasteiger partial charge in [-0.25, -0.2) is 0 Å². The first-order valence-corrected chi connectivity index (χ1v) is 19.5. The summed E-state index contributed by atoms with van der Waals surface area (Å²) in [5.41, 5.74) is 8.13. The van der Waals surface area contributed by atoms with E-state index < -0.39 is 13.3 Å². The van der Waals surface area contributed by atoms with E-state index >= 15 is 0 Å². The summed E-state index contributed by atoms with van der Waals surface area (Å²) in [6.07, 6.45) is 0. The molecule has 6 rings (SSSR count). The van der Waals surface area contributed by atoms with Crippen LogP contribution < -0.4 is 4.40 Å². The van der Waals surface area contributed by atoms with Gasteiger partial charge in [0.05, 0.1) is 0 Å². The molecule has 0 aliphatic carbocycles. The van der Waals surface area contributed by atoms with Crippen LogP contribution in [0.25, 0.3) is 55.0 Å². The molecule has 0 bridgehead atoms. The first kappa shape index (κ1) is 22.2. The van der Waals surface area contributed by atoms with Gasteiger partial charge in [0.2, 0.25) is 0 Å². The average molecular weight is 520 g/mol. The number of hydrogen-bond donors (Lipinski definition) is 0. The molecule has 3 heterocycles. The quantitative estimate of drug-likeness (QED) is 0.175. The van der Waals surface area contributed by atoms with Gasteiger partial charge in [-0.15, -0.1) is 0 Å². The van der Waals surface area contributed by atoms with E-state index in [2.05, 4.69) is 78.6 Å². The van der Waals surface area contributed by atoms with E-state index in [-0.39, 0.29) is 0 Å². The standard InChI is InChI=1S/C30H29GeN3O/c1-16-15-20-12-14-23-27(33-19(4)34-28(23)25(20)18(3)26(16)31(5,6)7)24-10-8-9-21-22-13-11-17(2)32-30(22)35-29(21)24/h8-15H,1-7H3. The molecule has 3 aromatic heterocycles. The van der Waals surface area contributed by atoms with Crippen molar-refractivity contribution in [2.45, 2.75) is 45.0 Å². The fraction of sp³-hybridized carbons (Fsp3) is 0.233. The van der Waals surface area contributed by atoms with E-state index in [1.54, 1.807) is 4.40 Å². The van der Waals surface area contributed by atoms with E-state index in [0.717, 1.165) is 50.0 Å². The summed E-state index contributed by atoms with van der Waals surface area (Å²) in [6, 6.07) is 17.1. The maximum absolute atomic E-state index is 6.33. The van der Waals surface area contributed by atoms with Crippen LogP contribution in [-0.2, 0) is 0 Å². The Labute approximate surface area is 207 Å². The molecule has 0 saturated carbocycles. The van der Waals surface area contributed by atoms with Crippen molar-refractivity contribution >= 4 is 61.4 Å². The van der Waals surface area contributed by atoms with Crippen LogP contribution in [0.3, 0.4) is 0 Å². The monoisotopic (exact) mass is 521 g/mol. The Hall–Kier alpha value is -3.25. The fourth-order valence-corrected chi connectivity index (χ4v) is 11.1. The second kappa shape index (κ2) is 7.62. The molecule has 0 N–H and O–H groups in total. The molecule has 0 atom stereocenters. The number of pyridine rings is 1. The first-order valence-electron chi connectivity index (χ1n) is 12.1. The average Bonchev–Trinajstić information content (AvgIpc) is 3.14. The summed E-state index contributed by atoms with van der Waals surface area (Å²) < 4.78 is 7.91. The molecule has 174 valence electrons. The van der Waals surface area contributed by atoms with Gasteiger partial charge >= 0.3 is 201 Å². The molecule has 5 heteroatoms.